The minimum atomic E-state index is -0.220. The highest BCUT2D eigenvalue weighted by Gasteiger charge is 2.06. The van der Waals surface area contributed by atoms with Crippen LogP contribution < -0.4 is 4.74 Å². The van der Waals surface area contributed by atoms with Crippen LogP contribution >= 0.6 is 0 Å². The number of esters is 1. The Morgan fingerprint density at radius 1 is 1.09 bits per heavy atom. The van der Waals surface area contributed by atoms with Crippen molar-refractivity contribution >= 4 is 5.97 Å². The summed E-state index contributed by atoms with van der Waals surface area (Å²) in [5.41, 5.74) is 0.910. The maximum atomic E-state index is 11.7. The molecule has 2 aromatic rings. The molecule has 0 aliphatic carbocycles. The summed E-state index contributed by atoms with van der Waals surface area (Å²) in [6, 6.07) is 10.3. The number of rotatable bonds is 8. The number of nitrogens with zero attached hydrogens (tertiary/aromatic N) is 2. The number of aromatic nitrogens is 2. The highest BCUT2D eigenvalue weighted by molar-refractivity contribution is 5.72. The third-order valence-corrected chi connectivity index (χ3v) is 3.32. The Morgan fingerprint density at radius 3 is 2.45 bits per heavy atom. The molecule has 2 rings (SSSR count). The van der Waals surface area contributed by atoms with Crippen molar-refractivity contribution < 1.29 is 9.53 Å². The van der Waals surface area contributed by atoms with Gasteiger partial charge in [0.2, 0.25) is 0 Å². The molecule has 0 saturated heterocycles. The second-order valence-corrected chi connectivity index (χ2v) is 5.17. The van der Waals surface area contributed by atoms with Gasteiger partial charge in [0.05, 0.1) is 12.4 Å². The summed E-state index contributed by atoms with van der Waals surface area (Å²) in [7, 11) is 0. The molecule has 0 spiro atoms. The van der Waals surface area contributed by atoms with Gasteiger partial charge in [0, 0.05) is 12.0 Å². The van der Waals surface area contributed by atoms with Crippen LogP contribution in [0, 0.1) is 6.07 Å². The van der Waals surface area contributed by atoms with Crippen molar-refractivity contribution in [3.63, 3.8) is 0 Å². The van der Waals surface area contributed by atoms with Crippen LogP contribution in [0.2, 0.25) is 0 Å². The number of unbranched alkanes of at least 4 members (excludes halogenated alkanes) is 4. The fourth-order valence-corrected chi connectivity index (χ4v) is 2.11. The monoisotopic (exact) mass is 297 g/mol. The van der Waals surface area contributed by atoms with Crippen molar-refractivity contribution in [2.45, 2.75) is 45.4 Å². The van der Waals surface area contributed by atoms with E-state index in [1.54, 1.807) is 0 Å². The van der Waals surface area contributed by atoms with E-state index in [2.05, 4.69) is 23.0 Å². The second-order valence-electron chi connectivity index (χ2n) is 5.17. The Hall–Kier alpha value is -2.23. The third kappa shape index (κ3) is 5.28. The Bertz CT molecular complexity index is 567. The van der Waals surface area contributed by atoms with Gasteiger partial charge in [0.1, 0.15) is 0 Å². The quantitative estimate of drug-likeness (QED) is 0.541. The van der Waals surface area contributed by atoms with Gasteiger partial charge in [-0.05, 0) is 12.5 Å². The van der Waals surface area contributed by atoms with E-state index in [9.17, 15) is 4.79 Å². The van der Waals surface area contributed by atoms with Gasteiger partial charge in [0.15, 0.2) is 11.6 Å². The number of hydrogen-bond donors (Lipinski definition) is 0. The number of carbonyl (C=O) groups is 1. The highest BCUT2D eigenvalue weighted by Crippen LogP contribution is 2.16. The van der Waals surface area contributed by atoms with E-state index in [4.69, 9.17) is 4.74 Å². The van der Waals surface area contributed by atoms with Crippen LogP contribution in [0.5, 0.6) is 5.75 Å². The lowest BCUT2D eigenvalue weighted by Crippen LogP contribution is -2.08. The Kier molecular flexibility index (Phi) is 6.55. The summed E-state index contributed by atoms with van der Waals surface area (Å²) in [6.45, 7) is 2.17. The highest BCUT2D eigenvalue weighted by atomic mass is 16.5. The molecule has 4 heteroatoms. The van der Waals surface area contributed by atoms with E-state index in [1.165, 1.54) is 31.7 Å². The molecule has 115 valence electrons. The fraction of sp³-hybridized carbons (Fsp3) is 0.389. The molecule has 4 nitrogen and oxygen atoms in total. The molecule has 0 atom stereocenters. The fourth-order valence-electron chi connectivity index (χ4n) is 2.11. The Balaban J connectivity index is 1.80. The van der Waals surface area contributed by atoms with Crippen LogP contribution in [0.1, 0.15) is 45.4 Å². The molecular formula is C18H21N2O2. The van der Waals surface area contributed by atoms with Crippen molar-refractivity contribution in [2.75, 3.05) is 0 Å². The summed E-state index contributed by atoms with van der Waals surface area (Å²) < 4.78 is 5.24. The lowest BCUT2D eigenvalue weighted by Gasteiger charge is -2.05. The molecule has 0 aliphatic rings. The number of benzene rings is 1. The Labute approximate surface area is 131 Å². The lowest BCUT2D eigenvalue weighted by molar-refractivity contribution is -0.134. The van der Waals surface area contributed by atoms with Gasteiger partial charge in [-0.15, -0.1) is 0 Å². The predicted molar refractivity (Wildman–Crippen MR) is 85.3 cm³/mol. The van der Waals surface area contributed by atoms with E-state index >= 15 is 0 Å². The van der Waals surface area contributed by atoms with Crippen molar-refractivity contribution in [1.29, 1.82) is 0 Å². The van der Waals surface area contributed by atoms with Crippen molar-refractivity contribution in [2.24, 2.45) is 0 Å². The first-order valence-corrected chi connectivity index (χ1v) is 7.79. The van der Waals surface area contributed by atoms with Crippen LogP contribution in [0.15, 0.2) is 36.7 Å². The Morgan fingerprint density at radius 2 is 1.77 bits per heavy atom. The van der Waals surface area contributed by atoms with Gasteiger partial charge in [-0.1, -0.05) is 56.9 Å². The van der Waals surface area contributed by atoms with E-state index < -0.39 is 0 Å². The maximum Gasteiger partial charge on any atom is 0.311 e. The molecule has 0 aliphatic heterocycles. The zero-order valence-corrected chi connectivity index (χ0v) is 12.9. The molecule has 0 fully saturated rings. The molecule has 0 bridgehead atoms. The summed E-state index contributed by atoms with van der Waals surface area (Å²) in [5, 5.41) is 0. The van der Waals surface area contributed by atoms with Gasteiger partial charge in [0.25, 0.3) is 0 Å². The van der Waals surface area contributed by atoms with Crippen LogP contribution in [0.25, 0.3) is 11.4 Å². The summed E-state index contributed by atoms with van der Waals surface area (Å²) >= 11 is 0. The molecular weight excluding hydrogens is 276 g/mol. The third-order valence-electron chi connectivity index (χ3n) is 3.32. The molecule has 22 heavy (non-hydrogen) atoms. The summed E-state index contributed by atoms with van der Waals surface area (Å²) in [6.07, 6.45) is 9.06. The maximum absolute atomic E-state index is 11.7. The SMILES string of the molecule is CCCCCCCC(=O)Oc1cnc(-c2cc[c]cc2)nc1. The average molecular weight is 297 g/mol. The molecule has 0 N–H and O–H groups in total. The predicted octanol–water partition coefficient (Wildman–Crippen LogP) is 4.21. The summed E-state index contributed by atoms with van der Waals surface area (Å²) in [4.78, 5) is 20.2. The van der Waals surface area contributed by atoms with Gasteiger partial charge in [-0.2, -0.15) is 0 Å². The zero-order valence-electron chi connectivity index (χ0n) is 12.9. The number of carbonyl (C=O) groups excluding carboxylic acids is 1. The van der Waals surface area contributed by atoms with Crippen molar-refractivity contribution in [1.82, 2.24) is 9.97 Å². The molecule has 0 saturated carbocycles. The van der Waals surface area contributed by atoms with E-state index in [0.717, 1.165) is 18.4 Å². The van der Waals surface area contributed by atoms with E-state index in [0.29, 0.717) is 18.0 Å². The first-order valence-electron chi connectivity index (χ1n) is 7.79. The topological polar surface area (TPSA) is 52.1 Å². The largest absolute Gasteiger partial charge is 0.423 e. The van der Waals surface area contributed by atoms with Crippen LogP contribution in [-0.2, 0) is 4.79 Å². The lowest BCUT2D eigenvalue weighted by atomic mass is 10.1. The molecule has 1 aromatic heterocycles. The van der Waals surface area contributed by atoms with Crippen LogP contribution in [0.4, 0.5) is 0 Å². The zero-order chi connectivity index (χ0) is 15.6. The average Bonchev–Trinajstić information content (AvgIpc) is 2.56. The van der Waals surface area contributed by atoms with Crippen molar-refractivity contribution in [3.05, 3.63) is 42.7 Å². The number of ether oxygens (including phenoxy) is 1. The number of hydrogen-bond acceptors (Lipinski definition) is 4. The minimum Gasteiger partial charge on any atom is -0.423 e. The molecule has 1 aromatic carbocycles. The van der Waals surface area contributed by atoms with Gasteiger partial charge in [-0.25, -0.2) is 9.97 Å². The van der Waals surface area contributed by atoms with Crippen LogP contribution in [0.3, 0.4) is 0 Å². The van der Waals surface area contributed by atoms with E-state index in [-0.39, 0.29) is 5.97 Å². The van der Waals surface area contributed by atoms with Crippen molar-refractivity contribution in [3.8, 4) is 17.1 Å². The van der Waals surface area contributed by atoms with Gasteiger partial charge < -0.3 is 4.74 Å². The first kappa shape index (κ1) is 16.1. The first-order chi connectivity index (χ1) is 10.8. The molecule has 1 radical (unpaired) electrons. The molecule has 0 unspecified atom stereocenters. The van der Waals surface area contributed by atoms with Gasteiger partial charge in [-0.3, -0.25) is 4.79 Å². The minimum absolute atomic E-state index is 0.220. The summed E-state index contributed by atoms with van der Waals surface area (Å²) in [5.74, 6) is 0.778. The smallest absolute Gasteiger partial charge is 0.311 e. The second kappa shape index (κ2) is 8.93. The molecule has 1 heterocycles. The standard InChI is InChI=1S/C18H21N2O2/c1-2-3-4-5-9-12-17(21)22-16-13-19-18(20-14-16)15-10-7-6-8-11-15/h7-8,10-11,13-14H,2-5,9,12H2,1H3. The molecule has 0 amide bonds. The normalized spacial score (nSPS) is 10.4. The van der Waals surface area contributed by atoms with E-state index in [1.807, 2.05) is 24.3 Å². The van der Waals surface area contributed by atoms with Crippen LogP contribution in [-0.4, -0.2) is 15.9 Å². The van der Waals surface area contributed by atoms with Gasteiger partial charge >= 0.3 is 5.97 Å².